The van der Waals surface area contributed by atoms with Gasteiger partial charge in [-0.15, -0.1) is 0 Å². The molecule has 168 valence electrons. The van der Waals surface area contributed by atoms with Crippen molar-refractivity contribution in [3.05, 3.63) is 12.2 Å². The highest BCUT2D eigenvalue weighted by Gasteiger charge is 2.24. The number of hydrogen-bond acceptors (Lipinski definition) is 6. The molecule has 1 aliphatic heterocycles. The van der Waals surface area contributed by atoms with E-state index in [-0.39, 0.29) is 42.5 Å². The number of carbonyl (C=O) groups excluding carboxylic acids is 5. The lowest BCUT2D eigenvalue weighted by Gasteiger charge is -2.22. The summed E-state index contributed by atoms with van der Waals surface area (Å²) in [6.45, 7) is 6.75. The van der Waals surface area contributed by atoms with Crippen LogP contribution in [0.5, 0.6) is 0 Å². The second-order valence-corrected chi connectivity index (χ2v) is 7.36. The number of nitrogens with zero attached hydrogens (tertiary/aromatic N) is 1. The number of amides is 5. The maximum atomic E-state index is 12.2. The van der Waals surface area contributed by atoms with E-state index in [1.807, 2.05) is 20.8 Å². The molecule has 0 radical (unpaired) electrons. The normalized spacial score (nSPS) is 14.2. The van der Waals surface area contributed by atoms with Crippen molar-refractivity contribution in [1.29, 1.82) is 0 Å². The molecule has 0 aliphatic carbocycles. The van der Waals surface area contributed by atoms with Gasteiger partial charge in [0.05, 0.1) is 13.2 Å². The molecule has 10 nitrogen and oxygen atoms in total. The summed E-state index contributed by atoms with van der Waals surface area (Å²) in [7, 11) is 0. The first kappa shape index (κ1) is 25.3. The van der Waals surface area contributed by atoms with Gasteiger partial charge in [-0.3, -0.25) is 28.9 Å². The zero-order chi connectivity index (χ0) is 22.5. The van der Waals surface area contributed by atoms with E-state index in [0.717, 1.165) is 6.54 Å². The van der Waals surface area contributed by atoms with Gasteiger partial charge in [0, 0.05) is 25.1 Å². The van der Waals surface area contributed by atoms with Gasteiger partial charge in [0.25, 0.3) is 11.8 Å². The maximum absolute atomic E-state index is 12.2. The molecule has 0 aromatic carbocycles. The average molecular weight is 424 g/mol. The number of hydrogen-bond donors (Lipinski definition) is 4. The van der Waals surface area contributed by atoms with Crippen molar-refractivity contribution in [1.82, 2.24) is 26.2 Å². The molecule has 1 heterocycles. The van der Waals surface area contributed by atoms with Crippen LogP contribution in [-0.4, -0.2) is 66.8 Å². The molecule has 0 aromatic heterocycles. The summed E-state index contributed by atoms with van der Waals surface area (Å²) in [5, 5.41) is 10.9. The third-order valence-electron chi connectivity index (χ3n) is 4.54. The summed E-state index contributed by atoms with van der Waals surface area (Å²) in [4.78, 5) is 60.2. The van der Waals surface area contributed by atoms with E-state index in [9.17, 15) is 24.0 Å². The van der Waals surface area contributed by atoms with Crippen LogP contribution in [0.4, 0.5) is 0 Å². The van der Waals surface area contributed by atoms with Crippen LogP contribution in [0, 0.1) is 5.92 Å². The van der Waals surface area contributed by atoms with Crippen LogP contribution in [0.1, 0.15) is 46.5 Å². The molecular formula is C20H33N5O5. The van der Waals surface area contributed by atoms with Crippen molar-refractivity contribution in [2.75, 3.05) is 26.3 Å². The van der Waals surface area contributed by atoms with Crippen molar-refractivity contribution in [2.24, 2.45) is 5.92 Å². The van der Waals surface area contributed by atoms with Gasteiger partial charge in [0.15, 0.2) is 0 Å². The number of imide groups is 1. The lowest BCUT2D eigenvalue weighted by atomic mass is 10.0. The number of carbonyl (C=O) groups is 5. The zero-order valence-corrected chi connectivity index (χ0v) is 18.0. The van der Waals surface area contributed by atoms with E-state index >= 15 is 0 Å². The first-order chi connectivity index (χ1) is 14.3. The minimum atomic E-state index is -0.682. The Hall–Kier alpha value is -2.75. The molecule has 4 N–H and O–H groups in total. The second kappa shape index (κ2) is 13.5. The van der Waals surface area contributed by atoms with Crippen LogP contribution >= 0.6 is 0 Å². The molecule has 0 spiro atoms. The molecule has 10 heteroatoms. The topological polar surface area (TPSA) is 137 Å². The maximum Gasteiger partial charge on any atom is 0.253 e. The fraction of sp³-hybridized carbons (Fsp3) is 0.650. The minimum absolute atomic E-state index is 0.101. The van der Waals surface area contributed by atoms with Crippen LogP contribution in [0.25, 0.3) is 0 Å². The van der Waals surface area contributed by atoms with Gasteiger partial charge in [-0.2, -0.15) is 0 Å². The predicted molar refractivity (Wildman–Crippen MR) is 111 cm³/mol. The highest BCUT2D eigenvalue weighted by Crippen LogP contribution is 2.07. The second-order valence-electron chi connectivity index (χ2n) is 7.36. The molecule has 1 atom stereocenters. The molecule has 0 saturated heterocycles. The molecular weight excluding hydrogens is 390 g/mol. The molecule has 1 aliphatic rings. The highest BCUT2D eigenvalue weighted by atomic mass is 16.2. The molecule has 5 amide bonds. The van der Waals surface area contributed by atoms with Crippen molar-refractivity contribution in [3.8, 4) is 0 Å². The number of nitrogens with one attached hydrogen (secondary N) is 4. The minimum Gasteiger partial charge on any atom is -0.347 e. The van der Waals surface area contributed by atoms with Gasteiger partial charge < -0.3 is 21.3 Å². The Morgan fingerprint density at radius 2 is 1.63 bits per heavy atom. The molecule has 0 fully saturated rings. The van der Waals surface area contributed by atoms with E-state index in [1.165, 1.54) is 17.1 Å². The summed E-state index contributed by atoms with van der Waals surface area (Å²) in [5.74, 6) is -1.69. The summed E-state index contributed by atoms with van der Waals surface area (Å²) in [5.41, 5.74) is 0. The van der Waals surface area contributed by atoms with E-state index < -0.39 is 11.9 Å². The van der Waals surface area contributed by atoms with Gasteiger partial charge in [0.2, 0.25) is 17.7 Å². The van der Waals surface area contributed by atoms with Gasteiger partial charge in [-0.25, -0.2) is 0 Å². The number of rotatable bonds is 14. The average Bonchev–Trinajstić information content (AvgIpc) is 3.02. The molecule has 1 rings (SSSR count). The summed E-state index contributed by atoms with van der Waals surface area (Å²) < 4.78 is 0. The lowest BCUT2D eigenvalue weighted by Crippen LogP contribution is -2.53. The molecule has 0 bridgehead atoms. The first-order valence-corrected chi connectivity index (χ1v) is 10.3. The van der Waals surface area contributed by atoms with Crippen LogP contribution in [0.15, 0.2) is 12.2 Å². The largest absolute Gasteiger partial charge is 0.347 e. The third kappa shape index (κ3) is 9.17. The van der Waals surface area contributed by atoms with Gasteiger partial charge in [0.1, 0.15) is 6.04 Å². The van der Waals surface area contributed by atoms with Crippen molar-refractivity contribution >= 4 is 29.5 Å². The van der Waals surface area contributed by atoms with E-state index in [0.29, 0.717) is 32.5 Å². The van der Waals surface area contributed by atoms with Crippen LogP contribution in [0.3, 0.4) is 0 Å². The smallest absolute Gasteiger partial charge is 0.253 e. The van der Waals surface area contributed by atoms with E-state index in [1.54, 1.807) is 0 Å². The molecule has 0 aromatic rings. The van der Waals surface area contributed by atoms with E-state index in [2.05, 4.69) is 21.3 Å². The van der Waals surface area contributed by atoms with Crippen LogP contribution < -0.4 is 21.3 Å². The Bertz CT molecular complexity index is 644. The quantitative estimate of drug-likeness (QED) is 0.167. The van der Waals surface area contributed by atoms with Gasteiger partial charge >= 0.3 is 0 Å². The molecule has 1 unspecified atom stereocenters. The molecule has 30 heavy (non-hydrogen) atoms. The van der Waals surface area contributed by atoms with Crippen molar-refractivity contribution in [3.63, 3.8) is 0 Å². The summed E-state index contributed by atoms with van der Waals surface area (Å²) >= 11 is 0. The SMILES string of the molecule is CCNCNC(=O)C(NC(=O)CNC(=O)CCCCCN1C(=O)C=CC1=O)C(C)C. The standard InChI is InChI=1S/C20H33N5O5/c1-4-21-13-23-20(30)19(14(2)3)24-16(27)12-22-15(26)8-6-5-7-11-25-17(28)9-10-18(25)29/h9-10,14,19,21H,4-8,11-13H2,1-3H3,(H,22,26)(H,23,30)(H,24,27). The summed E-state index contributed by atoms with van der Waals surface area (Å²) in [6.07, 6.45) is 4.61. The molecule has 0 saturated carbocycles. The van der Waals surface area contributed by atoms with Crippen molar-refractivity contribution in [2.45, 2.75) is 52.5 Å². The third-order valence-corrected chi connectivity index (χ3v) is 4.54. The Morgan fingerprint density at radius 3 is 2.23 bits per heavy atom. The monoisotopic (exact) mass is 423 g/mol. The first-order valence-electron chi connectivity index (χ1n) is 10.3. The Labute approximate surface area is 177 Å². The zero-order valence-electron chi connectivity index (χ0n) is 18.0. The van der Waals surface area contributed by atoms with E-state index in [4.69, 9.17) is 0 Å². The Morgan fingerprint density at radius 1 is 0.967 bits per heavy atom. The van der Waals surface area contributed by atoms with Crippen LogP contribution in [-0.2, 0) is 24.0 Å². The predicted octanol–water partition coefficient (Wildman–Crippen LogP) is -0.588. The lowest BCUT2D eigenvalue weighted by molar-refractivity contribution is -0.137. The Balaban J connectivity index is 2.21. The summed E-state index contributed by atoms with van der Waals surface area (Å²) in [6, 6.07) is -0.682. The van der Waals surface area contributed by atoms with Gasteiger partial charge in [-0.05, 0) is 25.3 Å². The van der Waals surface area contributed by atoms with Crippen molar-refractivity contribution < 1.29 is 24.0 Å². The Kier molecular flexibility index (Phi) is 11.4. The fourth-order valence-corrected chi connectivity index (χ4v) is 2.80. The van der Waals surface area contributed by atoms with Gasteiger partial charge in [-0.1, -0.05) is 27.2 Å². The number of unbranched alkanes of at least 4 members (excludes halogenated alkanes) is 2. The fourth-order valence-electron chi connectivity index (χ4n) is 2.80. The van der Waals surface area contributed by atoms with Crippen LogP contribution in [0.2, 0.25) is 0 Å². The highest BCUT2D eigenvalue weighted by molar-refractivity contribution is 6.12.